The third-order valence-electron chi connectivity index (χ3n) is 5.12. The number of carbonyl (C=O) groups is 2. The zero-order valence-corrected chi connectivity index (χ0v) is 17.0. The molecule has 1 fully saturated rings. The molecule has 1 saturated heterocycles. The van der Waals surface area contributed by atoms with Crippen LogP contribution in [0.3, 0.4) is 0 Å². The van der Waals surface area contributed by atoms with Crippen LogP contribution in [0.5, 0.6) is 0 Å². The molecule has 0 unspecified atom stereocenters. The van der Waals surface area contributed by atoms with Crippen LogP contribution < -0.4 is 15.5 Å². The van der Waals surface area contributed by atoms with Gasteiger partial charge in [-0.25, -0.2) is 8.78 Å². The summed E-state index contributed by atoms with van der Waals surface area (Å²) < 4.78 is 26.7. The van der Waals surface area contributed by atoms with Crippen LogP contribution in [-0.4, -0.2) is 56.5 Å². The van der Waals surface area contributed by atoms with Crippen LogP contribution >= 0.6 is 0 Å². The summed E-state index contributed by atoms with van der Waals surface area (Å²) in [4.78, 5) is 28.4. The van der Waals surface area contributed by atoms with Gasteiger partial charge in [-0.15, -0.1) is 0 Å². The minimum absolute atomic E-state index is 0.304. The molecule has 3 rings (SSSR count). The van der Waals surface area contributed by atoms with E-state index in [0.717, 1.165) is 56.4 Å². The number of amides is 2. The first-order valence-electron chi connectivity index (χ1n) is 9.99. The van der Waals surface area contributed by atoms with E-state index in [0.29, 0.717) is 13.0 Å². The molecule has 2 N–H and O–H groups in total. The van der Waals surface area contributed by atoms with Crippen molar-refractivity contribution >= 4 is 23.2 Å². The van der Waals surface area contributed by atoms with Crippen LogP contribution in [0.2, 0.25) is 0 Å². The monoisotopic (exact) mass is 416 g/mol. The smallest absolute Gasteiger partial charge is 0.313 e. The Morgan fingerprint density at radius 2 is 1.67 bits per heavy atom. The molecule has 2 amide bonds. The van der Waals surface area contributed by atoms with Crippen LogP contribution in [0.25, 0.3) is 0 Å². The Morgan fingerprint density at radius 1 is 0.967 bits per heavy atom. The first-order chi connectivity index (χ1) is 14.4. The fourth-order valence-electron chi connectivity index (χ4n) is 3.29. The summed E-state index contributed by atoms with van der Waals surface area (Å²) in [5.41, 5.74) is 1.99. The molecule has 1 heterocycles. The van der Waals surface area contributed by atoms with Gasteiger partial charge in [0, 0.05) is 44.5 Å². The first kappa shape index (κ1) is 21.7. The summed E-state index contributed by atoms with van der Waals surface area (Å²) in [6.07, 6.45) is 1.41. The lowest BCUT2D eigenvalue weighted by Gasteiger charge is -2.34. The fourth-order valence-corrected chi connectivity index (χ4v) is 3.29. The molecule has 30 heavy (non-hydrogen) atoms. The van der Waals surface area contributed by atoms with Crippen LogP contribution in [0.1, 0.15) is 12.0 Å². The van der Waals surface area contributed by atoms with Gasteiger partial charge in [-0.2, -0.15) is 0 Å². The largest absolute Gasteiger partial charge is 0.369 e. The molecule has 0 radical (unpaired) electrons. The van der Waals surface area contributed by atoms with Gasteiger partial charge >= 0.3 is 11.8 Å². The molecule has 0 spiro atoms. The second-order valence-electron chi connectivity index (χ2n) is 7.39. The van der Waals surface area contributed by atoms with Crippen molar-refractivity contribution in [2.24, 2.45) is 0 Å². The molecule has 0 bridgehead atoms. The molecule has 2 aromatic carbocycles. The molecule has 8 heteroatoms. The summed E-state index contributed by atoms with van der Waals surface area (Å²) in [6, 6.07) is 11.0. The van der Waals surface area contributed by atoms with Crippen molar-refractivity contribution in [2.75, 3.05) is 50.0 Å². The van der Waals surface area contributed by atoms with Gasteiger partial charge in [-0.1, -0.05) is 12.1 Å². The molecular formula is C22H26F2N4O2. The number of aryl methyl sites for hydroxylation is 1. The second kappa shape index (κ2) is 10.2. The Kier molecular flexibility index (Phi) is 7.35. The Bertz CT molecular complexity index is 881. The van der Waals surface area contributed by atoms with E-state index >= 15 is 0 Å². The zero-order chi connectivity index (χ0) is 21.5. The highest BCUT2D eigenvalue weighted by molar-refractivity contribution is 6.39. The predicted octanol–water partition coefficient (Wildman–Crippen LogP) is 2.40. The van der Waals surface area contributed by atoms with Crippen LogP contribution in [0, 0.1) is 11.6 Å². The van der Waals surface area contributed by atoms with Gasteiger partial charge in [0.2, 0.25) is 0 Å². The van der Waals surface area contributed by atoms with Gasteiger partial charge in [0.15, 0.2) is 0 Å². The minimum Gasteiger partial charge on any atom is -0.369 e. The number of hydrogen-bond donors (Lipinski definition) is 2. The number of halogens is 2. The average Bonchev–Trinajstić information content (AvgIpc) is 2.74. The van der Waals surface area contributed by atoms with Gasteiger partial charge in [0.05, 0.1) is 5.69 Å². The number of likely N-dealkylation sites (N-methyl/N-ethyl adjacent to an activating group) is 1. The lowest BCUT2D eigenvalue weighted by atomic mass is 10.1. The van der Waals surface area contributed by atoms with Crippen molar-refractivity contribution in [1.29, 1.82) is 0 Å². The number of benzene rings is 2. The van der Waals surface area contributed by atoms with E-state index in [1.165, 1.54) is 5.69 Å². The standard InChI is InChI=1S/C22H26F2N4O2/c1-27-11-13-28(14-12-27)18-7-4-16(5-8-18)3-2-10-25-21(29)22(30)26-20-15-17(23)6-9-19(20)24/h4-9,15H,2-3,10-14H2,1H3,(H,25,29)(H,26,30). The van der Waals surface area contributed by atoms with E-state index < -0.39 is 23.4 Å². The Morgan fingerprint density at radius 3 is 2.37 bits per heavy atom. The summed E-state index contributed by atoms with van der Waals surface area (Å²) in [7, 11) is 2.13. The third kappa shape index (κ3) is 6.00. The maximum absolute atomic E-state index is 13.5. The third-order valence-corrected chi connectivity index (χ3v) is 5.12. The number of hydrogen-bond acceptors (Lipinski definition) is 4. The Labute approximate surface area is 174 Å². The van der Waals surface area contributed by atoms with Crippen LogP contribution in [-0.2, 0) is 16.0 Å². The maximum atomic E-state index is 13.5. The number of nitrogens with zero attached hydrogens (tertiary/aromatic N) is 2. The van der Waals surface area contributed by atoms with Crippen molar-refractivity contribution in [3.63, 3.8) is 0 Å². The van der Waals surface area contributed by atoms with E-state index in [-0.39, 0.29) is 5.69 Å². The first-order valence-corrected chi connectivity index (χ1v) is 9.99. The van der Waals surface area contributed by atoms with Crippen LogP contribution in [0.15, 0.2) is 42.5 Å². The summed E-state index contributed by atoms with van der Waals surface area (Å²) in [5.74, 6) is -3.43. The highest BCUT2D eigenvalue weighted by Gasteiger charge is 2.16. The number of piperazine rings is 1. The van der Waals surface area contributed by atoms with Gasteiger partial charge in [-0.05, 0) is 49.7 Å². The van der Waals surface area contributed by atoms with Crippen molar-refractivity contribution in [3.05, 3.63) is 59.7 Å². The van der Waals surface area contributed by atoms with Crippen molar-refractivity contribution in [1.82, 2.24) is 10.2 Å². The molecule has 6 nitrogen and oxygen atoms in total. The zero-order valence-electron chi connectivity index (χ0n) is 17.0. The summed E-state index contributed by atoms with van der Waals surface area (Å²) in [6.45, 7) is 4.45. The number of rotatable bonds is 6. The second-order valence-corrected chi connectivity index (χ2v) is 7.39. The Hall–Kier alpha value is -3.00. The number of anilines is 2. The van der Waals surface area contributed by atoms with Gasteiger partial charge in [0.25, 0.3) is 0 Å². The molecule has 0 atom stereocenters. The van der Waals surface area contributed by atoms with E-state index in [9.17, 15) is 18.4 Å². The van der Waals surface area contributed by atoms with Crippen molar-refractivity contribution < 1.29 is 18.4 Å². The molecule has 0 aliphatic carbocycles. The molecule has 160 valence electrons. The maximum Gasteiger partial charge on any atom is 0.313 e. The summed E-state index contributed by atoms with van der Waals surface area (Å²) in [5, 5.41) is 4.57. The average molecular weight is 416 g/mol. The predicted molar refractivity (Wildman–Crippen MR) is 112 cm³/mol. The number of carbonyl (C=O) groups excluding carboxylic acids is 2. The van der Waals surface area contributed by atoms with E-state index in [2.05, 4.69) is 51.7 Å². The highest BCUT2D eigenvalue weighted by atomic mass is 19.1. The van der Waals surface area contributed by atoms with Crippen molar-refractivity contribution in [3.8, 4) is 0 Å². The molecular weight excluding hydrogens is 390 g/mol. The van der Waals surface area contributed by atoms with Gasteiger partial charge < -0.3 is 20.4 Å². The van der Waals surface area contributed by atoms with Crippen molar-refractivity contribution in [2.45, 2.75) is 12.8 Å². The quantitative estimate of drug-likeness (QED) is 0.561. The van der Waals surface area contributed by atoms with E-state index in [4.69, 9.17) is 0 Å². The highest BCUT2D eigenvalue weighted by Crippen LogP contribution is 2.18. The topological polar surface area (TPSA) is 64.7 Å². The van der Waals surface area contributed by atoms with E-state index in [1.807, 2.05) is 0 Å². The SMILES string of the molecule is CN1CCN(c2ccc(CCCNC(=O)C(=O)Nc3cc(F)ccc3F)cc2)CC1. The van der Waals surface area contributed by atoms with Crippen LogP contribution in [0.4, 0.5) is 20.2 Å². The minimum atomic E-state index is -1.03. The normalized spacial score (nSPS) is 14.4. The molecule has 0 aromatic heterocycles. The number of nitrogens with one attached hydrogen (secondary N) is 2. The summed E-state index contributed by atoms with van der Waals surface area (Å²) >= 11 is 0. The lowest BCUT2D eigenvalue weighted by Crippen LogP contribution is -2.44. The van der Waals surface area contributed by atoms with E-state index in [1.54, 1.807) is 0 Å². The van der Waals surface area contributed by atoms with Gasteiger partial charge in [-0.3, -0.25) is 9.59 Å². The molecule has 1 aliphatic rings. The molecule has 1 aliphatic heterocycles. The lowest BCUT2D eigenvalue weighted by molar-refractivity contribution is -0.136. The molecule has 0 saturated carbocycles. The Balaban J connectivity index is 1.39. The van der Waals surface area contributed by atoms with Gasteiger partial charge in [0.1, 0.15) is 11.6 Å². The fraction of sp³-hybridized carbons (Fsp3) is 0.364. The molecule has 2 aromatic rings.